The molecule has 0 unspecified atom stereocenters. The molecule has 1 aromatic heterocycles. The van der Waals surface area contributed by atoms with E-state index in [0.29, 0.717) is 12.6 Å². The number of thiophene rings is 1. The normalized spacial score (nSPS) is 12.9. The maximum atomic E-state index is 5.97. The molecule has 112 valence electrons. The molecule has 0 bridgehead atoms. The summed E-state index contributed by atoms with van der Waals surface area (Å²) in [5, 5.41) is 7.56. The second-order valence-electron chi connectivity index (χ2n) is 5.27. The lowest BCUT2D eigenvalue weighted by Gasteiger charge is -2.14. The van der Waals surface area contributed by atoms with Crippen molar-refractivity contribution < 1.29 is 14.2 Å². The van der Waals surface area contributed by atoms with Crippen molar-refractivity contribution in [2.75, 3.05) is 6.79 Å². The molecule has 0 saturated heterocycles. The monoisotopic (exact) mass is 305 g/mol. The first kappa shape index (κ1) is 14.2. The Morgan fingerprint density at radius 1 is 1.29 bits per heavy atom. The number of benzene rings is 1. The molecule has 0 spiro atoms. The maximum Gasteiger partial charge on any atom is 0.231 e. The molecule has 0 aliphatic carbocycles. The van der Waals surface area contributed by atoms with Gasteiger partial charge in [0.15, 0.2) is 11.5 Å². The SMILES string of the molecule is CC(C)NCc1cc2c(cc1OCc1ccsc1)OCO2. The number of hydrogen-bond acceptors (Lipinski definition) is 5. The summed E-state index contributed by atoms with van der Waals surface area (Å²) in [5.74, 6) is 2.39. The van der Waals surface area contributed by atoms with Gasteiger partial charge < -0.3 is 19.5 Å². The fourth-order valence-electron chi connectivity index (χ4n) is 2.09. The van der Waals surface area contributed by atoms with Crippen LogP contribution >= 0.6 is 11.3 Å². The van der Waals surface area contributed by atoms with E-state index in [0.717, 1.165) is 29.4 Å². The van der Waals surface area contributed by atoms with E-state index in [1.807, 2.05) is 12.1 Å². The van der Waals surface area contributed by atoms with Gasteiger partial charge in [-0.1, -0.05) is 13.8 Å². The van der Waals surface area contributed by atoms with E-state index in [-0.39, 0.29) is 6.79 Å². The summed E-state index contributed by atoms with van der Waals surface area (Å²) in [6.07, 6.45) is 0. The van der Waals surface area contributed by atoms with Crippen LogP contribution < -0.4 is 19.5 Å². The Labute approximate surface area is 128 Å². The number of ether oxygens (including phenoxy) is 3. The molecule has 0 saturated carbocycles. The summed E-state index contributed by atoms with van der Waals surface area (Å²) in [4.78, 5) is 0. The van der Waals surface area contributed by atoms with Crippen LogP contribution in [0.5, 0.6) is 17.2 Å². The molecule has 0 radical (unpaired) electrons. The zero-order valence-corrected chi connectivity index (χ0v) is 13.0. The average Bonchev–Trinajstić information content (AvgIpc) is 3.12. The zero-order valence-electron chi connectivity index (χ0n) is 12.2. The van der Waals surface area contributed by atoms with Crippen molar-refractivity contribution in [3.63, 3.8) is 0 Å². The lowest BCUT2D eigenvalue weighted by atomic mass is 10.1. The minimum atomic E-state index is 0.278. The van der Waals surface area contributed by atoms with Gasteiger partial charge in [0.1, 0.15) is 12.4 Å². The first-order valence-electron chi connectivity index (χ1n) is 7.02. The van der Waals surface area contributed by atoms with Gasteiger partial charge in [0.05, 0.1) is 0 Å². The Morgan fingerprint density at radius 3 is 2.81 bits per heavy atom. The van der Waals surface area contributed by atoms with Gasteiger partial charge in [0.25, 0.3) is 0 Å². The summed E-state index contributed by atoms with van der Waals surface area (Å²) in [6, 6.07) is 6.41. The molecule has 0 amide bonds. The van der Waals surface area contributed by atoms with Gasteiger partial charge in [-0.05, 0) is 28.5 Å². The minimum absolute atomic E-state index is 0.278. The van der Waals surface area contributed by atoms with Gasteiger partial charge >= 0.3 is 0 Å². The molecule has 0 atom stereocenters. The topological polar surface area (TPSA) is 39.7 Å². The van der Waals surface area contributed by atoms with Gasteiger partial charge in [0.2, 0.25) is 6.79 Å². The largest absolute Gasteiger partial charge is 0.488 e. The van der Waals surface area contributed by atoms with Gasteiger partial charge in [-0.25, -0.2) is 0 Å². The second-order valence-corrected chi connectivity index (χ2v) is 6.05. The molecule has 4 nitrogen and oxygen atoms in total. The summed E-state index contributed by atoms with van der Waals surface area (Å²) >= 11 is 1.68. The number of fused-ring (bicyclic) bond motifs is 1. The van der Waals surface area contributed by atoms with Crippen LogP contribution in [0.4, 0.5) is 0 Å². The second kappa shape index (κ2) is 6.37. The highest BCUT2D eigenvalue weighted by Crippen LogP contribution is 2.38. The number of hydrogen-bond donors (Lipinski definition) is 1. The predicted molar refractivity (Wildman–Crippen MR) is 83.2 cm³/mol. The standard InChI is InChI=1S/C16H19NO3S/c1-11(2)17-7-13-5-15-16(20-10-19-15)6-14(13)18-8-12-3-4-21-9-12/h3-6,9,11,17H,7-8,10H2,1-2H3. The van der Waals surface area contributed by atoms with Crippen LogP contribution in [0, 0.1) is 0 Å². The Morgan fingerprint density at radius 2 is 2.10 bits per heavy atom. The van der Waals surface area contributed by atoms with Gasteiger partial charge in [-0.3, -0.25) is 0 Å². The molecule has 1 aliphatic heterocycles. The van der Waals surface area contributed by atoms with Crippen LogP contribution in [0.3, 0.4) is 0 Å². The fourth-order valence-corrected chi connectivity index (χ4v) is 2.74. The molecule has 2 aromatic rings. The van der Waals surface area contributed by atoms with Crippen molar-refractivity contribution in [2.45, 2.75) is 33.0 Å². The van der Waals surface area contributed by atoms with Crippen molar-refractivity contribution in [3.8, 4) is 17.2 Å². The van der Waals surface area contributed by atoms with Crippen molar-refractivity contribution >= 4 is 11.3 Å². The Hall–Kier alpha value is -1.72. The predicted octanol–water partition coefficient (Wildman–Crippen LogP) is 3.55. The molecule has 1 aromatic carbocycles. The highest BCUT2D eigenvalue weighted by atomic mass is 32.1. The Kier molecular flexibility index (Phi) is 4.31. The van der Waals surface area contributed by atoms with Crippen molar-refractivity contribution in [3.05, 3.63) is 40.1 Å². The summed E-state index contributed by atoms with van der Waals surface area (Å²) in [7, 11) is 0. The van der Waals surface area contributed by atoms with E-state index in [9.17, 15) is 0 Å². The van der Waals surface area contributed by atoms with Crippen molar-refractivity contribution in [2.24, 2.45) is 0 Å². The van der Waals surface area contributed by atoms with E-state index in [2.05, 4.69) is 36.0 Å². The number of nitrogens with one attached hydrogen (secondary N) is 1. The van der Waals surface area contributed by atoms with Gasteiger partial charge in [0, 0.05) is 24.2 Å². The van der Waals surface area contributed by atoms with E-state index >= 15 is 0 Å². The molecule has 21 heavy (non-hydrogen) atoms. The van der Waals surface area contributed by atoms with E-state index in [1.165, 1.54) is 5.56 Å². The molecule has 1 N–H and O–H groups in total. The van der Waals surface area contributed by atoms with Crippen LogP contribution in [-0.4, -0.2) is 12.8 Å². The van der Waals surface area contributed by atoms with Crippen LogP contribution in [0.25, 0.3) is 0 Å². The third-order valence-corrected chi connectivity index (χ3v) is 3.96. The first-order valence-corrected chi connectivity index (χ1v) is 7.96. The molecular weight excluding hydrogens is 286 g/mol. The molecule has 1 aliphatic rings. The van der Waals surface area contributed by atoms with Crippen molar-refractivity contribution in [1.82, 2.24) is 5.32 Å². The molecule has 3 rings (SSSR count). The summed E-state index contributed by atoms with van der Waals surface area (Å²) < 4.78 is 16.9. The molecule has 2 heterocycles. The Balaban J connectivity index is 1.78. The molecule has 5 heteroatoms. The van der Waals surface area contributed by atoms with Crippen LogP contribution in [0.1, 0.15) is 25.0 Å². The highest BCUT2D eigenvalue weighted by Gasteiger charge is 2.18. The fraction of sp³-hybridized carbons (Fsp3) is 0.375. The summed E-state index contributed by atoms with van der Waals surface area (Å²) in [5.41, 5.74) is 2.27. The third-order valence-electron chi connectivity index (χ3n) is 3.23. The van der Waals surface area contributed by atoms with E-state index < -0.39 is 0 Å². The Bertz CT molecular complexity index is 596. The number of rotatable bonds is 6. The first-order chi connectivity index (χ1) is 10.2. The lowest BCUT2D eigenvalue weighted by Crippen LogP contribution is -2.22. The molecule has 0 fully saturated rings. The van der Waals surface area contributed by atoms with Gasteiger partial charge in [-0.2, -0.15) is 11.3 Å². The zero-order chi connectivity index (χ0) is 14.7. The van der Waals surface area contributed by atoms with Crippen LogP contribution in [0.15, 0.2) is 29.0 Å². The smallest absolute Gasteiger partial charge is 0.231 e. The van der Waals surface area contributed by atoms with Crippen molar-refractivity contribution in [1.29, 1.82) is 0 Å². The molecular formula is C16H19NO3S. The maximum absolute atomic E-state index is 5.97. The van der Waals surface area contributed by atoms with Crippen LogP contribution in [0.2, 0.25) is 0 Å². The highest BCUT2D eigenvalue weighted by molar-refractivity contribution is 7.07. The average molecular weight is 305 g/mol. The van der Waals surface area contributed by atoms with Crippen LogP contribution in [-0.2, 0) is 13.2 Å². The quantitative estimate of drug-likeness (QED) is 0.886. The minimum Gasteiger partial charge on any atom is -0.488 e. The summed E-state index contributed by atoms with van der Waals surface area (Å²) in [6.45, 7) is 5.84. The lowest BCUT2D eigenvalue weighted by molar-refractivity contribution is 0.173. The van der Waals surface area contributed by atoms with E-state index in [1.54, 1.807) is 11.3 Å². The van der Waals surface area contributed by atoms with E-state index in [4.69, 9.17) is 14.2 Å². The van der Waals surface area contributed by atoms with Gasteiger partial charge in [-0.15, -0.1) is 0 Å². The third kappa shape index (κ3) is 3.49.